The second kappa shape index (κ2) is 10.0. The van der Waals surface area contributed by atoms with Crippen LogP contribution in [0.3, 0.4) is 0 Å². The van der Waals surface area contributed by atoms with Crippen molar-refractivity contribution >= 4 is 67.4 Å². The van der Waals surface area contributed by atoms with Gasteiger partial charge in [0.15, 0.2) is 6.61 Å². The number of imide groups is 1. The molecule has 3 heterocycles. The van der Waals surface area contributed by atoms with Crippen LogP contribution in [0.2, 0.25) is 0 Å². The predicted molar refractivity (Wildman–Crippen MR) is 151 cm³/mol. The molecule has 5 aromatic rings. The summed E-state index contributed by atoms with van der Waals surface area (Å²) < 4.78 is 6.15. The summed E-state index contributed by atoms with van der Waals surface area (Å²) in [6, 6.07) is 24.0. The third kappa shape index (κ3) is 4.56. The minimum atomic E-state index is -0.644. The van der Waals surface area contributed by atoms with Gasteiger partial charge in [0.05, 0.1) is 38.5 Å². The molecule has 7 nitrogen and oxygen atoms in total. The normalized spacial score (nSPS) is 12.6. The number of rotatable bonds is 6. The topological polar surface area (TPSA) is 93.6 Å². The molecule has 6 rings (SSSR count). The van der Waals surface area contributed by atoms with Crippen LogP contribution >= 0.6 is 27.3 Å². The molecule has 0 spiro atoms. The number of hydrogen-bond acceptors (Lipinski definition) is 7. The maximum Gasteiger partial charge on any atom is 0.339 e. The van der Waals surface area contributed by atoms with Crippen molar-refractivity contribution in [1.82, 2.24) is 4.98 Å². The molecule has 39 heavy (non-hydrogen) atoms. The fraction of sp³-hybridized carbons (Fsp3) is 0.0333. The quantitative estimate of drug-likeness (QED) is 0.125. The Morgan fingerprint density at radius 2 is 1.59 bits per heavy atom. The largest absolute Gasteiger partial charge is 0.454 e. The number of thiophene rings is 1. The average Bonchev–Trinajstić information content (AvgIpc) is 3.58. The lowest BCUT2D eigenvalue weighted by Crippen LogP contribution is -2.29. The van der Waals surface area contributed by atoms with Gasteiger partial charge in [0.25, 0.3) is 11.8 Å². The number of carbonyl (C=O) groups excluding carboxylic acids is 4. The first kappa shape index (κ1) is 24.8. The Bertz CT molecular complexity index is 1760. The number of Topliss-reactive ketones (excluding diaryl/α,β-unsaturated/α-hetero) is 1. The Morgan fingerprint density at radius 3 is 2.26 bits per heavy atom. The minimum Gasteiger partial charge on any atom is -0.454 e. The molecule has 2 amide bonds. The smallest absolute Gasteiger partial charge is 0.339 e. The van der Waals surface area contributed by atoms with E-state index in [0.29, 0.717) is 43.9 Å². The highest BCUT2D eigenvalue weighted by atomic mass is 79.9. The Labute approximate surface area is 234 Å². The van der Waals surface area contributed by atoms with Crippen LogP contribution in [0.5, 0.6) is 0 Å². The summed E-state index contributed by atoms with van der Waals surface area (Å²) in [5.41, 5.74) is 3.17. The summed E-state index contributed by atoms with van der Waals surface area (Å²) in [5, 5.41) is 2.36. The highest BCUT2D eigenvalue weighted by Crippen LogP contribution is 2.32. The second-order valence-electron chi connectivity index (χ2n) is 8.73. The minimum absolute atomic E-state index is 0.264. The molecule has 0 bridgehead atoms. The molecule has 0 fully saturated rings. The molecule has 190 valence electrons. The Morgan fingerprint density at radius 1 is 0.872 bits per heavy atom. The Balaban J connectivity index is 1.32. The number of ether oxygens (including phenoxy) is 1. The van der Waals surface area contributed by atoms with Crippen molar-refractivity contribution in [2.24, 2.45) is 0 Å². The number of carbonyl (C=O) groups is 4. The standard InChI is InChI=1S/C30H17BrN2O5S/c31-18-9-12-24-22(14-18)23(30(37)38-16-26(34)27-6-3-13-39-27)15-25(32-24)17-7-10-19(11-8-17)33-28(35)20-4-1-2-5-21(20)29(33)36/h1-15H,16H2. The van der Waals surface area contributed by atoms with Crippen molar-refractivity contribution in [1.29, 1.82) is 0 Å². The number of halogens is 1. The van der Waals surface area contributed by atoms with E-state index in [-0.39, 0.29) is 29.8 Å². The molecule has 0 saturated heterocycles. The van der Waals surface area contributed by atoms with Gasteiger partial charge in [-0.2, -0.15) is 0 Å². The zero-order valence-corrected chi connectivity index (χ0v) is 22.5. The molecule has 0 radical (unpaired) electrons. The van der Waals surface area contributed by atoms with Crippen molar-refractivity contribution in [3.05, 3.63) is 116 Å². The SMILES string of the molecule is O=C(COC(=O)c1cc(-c2ccc(N3C(=O)c4ccccc4C3=O)cc2)nc2ccc(Br)cc12)c1cccs1. The zero-order chi connectivity index (χ0) is 27.1. The highest BCUT2D eigenvalue weighted by molar-refractivity contribution is 9.10. The number of ketones is 1. The molecule has 1 aliphatic rings. The van der Waals surface area contributed by atoms with Crippen LogP contribution in [0.1, 0.15) is 40.7 Å². The van der Waals surface area contributed by atoms with Crippen LogP contribution in [0, 0.1) is 0 Å². The van der Waals surface area contributed by atoms with Gasteiger partial charge in [-0.3, -0.25) is 14.4 Å². The van der Waals surface area contributed by atoms with Gasteiger partial charge in [-0.25, -0.2) is 14.7 Å². The van der Waals surface area contributed by atoms with E-state index in [4.69, 9.17) is 9.72 Å². The highest BCUT2D eigenvalue weighted by Gasteiger charge is 2.36. The van der Waals surface area contributed by atoms with Crippen LogP contribution in [0.4, 0.5) is 5.69 Å². The first-order chi connectivity index (χ1) is 18.9. The van der Waals surface area contributed by atoms with Gasteiger partial charge in [-0.05, 0) is 60.0 Å². The predicted octanol–water partition coefficient (Wildman–Crippen LogP) is 6.57. The average molecular weight is 597 g/mol. The molecular formula is C30H17BrN2O5S. The van der Waals surface area contributed by atoms with Crippen LogP contribution < -0.4 is 4.90 Å². The van der Waals surface area contributed by atoms with E-state index in [0.717, 1.165) is 9.37 Å². The van der Waals surface area contributed by atoms with Crippen LogP contribution in [0.15, 0.2) is 94.8 Å². The lowest BCUT2D eigenvalue weighted by atomic mass is 10.0. The van der Waals surface area contributed by atoms with E-state index in [9.17, 15) is 19.2 Å². The molecule has 0 aliphatic carbocycles. The Kier molecular flexibility index (Phi) is 6.38. The lowest BCUT2D eigenvalue weighted by Gasteiger charge is -2.15. The number of pyridine rings is 1. The van der Waals surface area contributed by atoms with Gasteiger partial charge in [0.1, 0.15) is 0 Å². The van der Waals surface area contributed by atoms with Gasteiger partial charge < -0.3 is 4.74 Å². The van der Waals surface area contributed by atoms with E-state index in [1.54, 1.807) is 84.2 Å². The third-order valence-electron chi connectivity index (χ3n) is 6.34. The maximum atomic E-state index is 13.1. The van der Waals surface area contributed by atoms with Gasteiger partial charge >= 0.3 is 5.97 Å². The van der Waals surface area contributed by atoms with E-state index in [1.807, 2.05) is 6.07 Å². The van der Waals surface area contributed by atoms with Crippen LogP contribution in [-0.4, -0.2) is 35.2 Å². The summed E-state index contributed by atoms with van der Waals surface area (Å²) in [5.74, 6) is -1.67. The number of nitrogens with zero attached hydrogens (tertiary/aromatic N) is 2. The number of amides is 2. The van der Waals surface area contributed by atoms with Gasteiger partial charge in [-0.15, -0.1) is 11.3 Å². The number of hydrogen-bond donors (Lipinski definition) is 0. The van der Waals surface area contributed by atoms with E-state index in [2.05, 4.69) is 15.9 Å². The first-order valence-electron chi connectivity index (χ1n) is 11.8. The first-order valence-corrected chi connectivity index (χ1v) is 13.5. The molecule has 3 aromatic carbocycles. The molecule has 0 saturated carbocycles. The number of aromatic nitrogens is 1. The maximum absolute atomic E-state index is 13.1. The Hall–Kier alpha value is -4.47. The van der Waals surface area contributed by atoms with E-state index >= 15 is 0 Å². The van der Waals surface area contributed by atoms with Crippen molar-refractivity contribution < 1.29 is 23.9 Å². The fourth-order valence-corrected chi connectivity index (χ4v) is 5.45. The summed E-state index contributed by atoms with van der Waals surface area (Å²) in [6.07, 6.45) is 0. The molecule has 2 aromatic heterocycles. The lowest BCUT2D eigenvalue weighted by molar-refractivity contribution is 0.0477. The van der Waals surface area contributed by atoms with Crippen molar-refractivity contribution in [3.63, 3.8) is 0 Å². The van der Waals surface area contributed by atoms with Crippen LogP contribution in [-0.2, 0) is 4.74 Å². The van der Waals surface area contributed by atoms with E-state index < -0.39 is 5.97 Å². The molecule has 0 unspecified atom stereocenters. The molecular weight excluding hydrogens is 580 g/mol. The van der Waals surface area contributed by atoms with E-state index in [1.165, 1.54) is 11.3 Å². The third-order valence-corrected chi connectivity index (χ3v) is 7.74. The number of anilines is 1. The number of esters is 1. The summed E-state index contributed by atoms with van der Waals surface area (Å²) in [6.45, 7) is -0.374. The van der Waals surface area contributed by atoms with Crippen molar-refractivity contribution in [2.75, 3.05) is 11.5 Å². The van der Waals surface area contributed by atoms with Crippen molar-refractivity contribution in [3.8, 4) is 11.3 Å². The monoisotopic (exact) mass is 596 g/mol. The van der Waals surface area contributed by atoms with Gasteiger partial charge in [0.2, 0.25) is 5.78 Å². The van der Waals surface area contributed by atoms with Gasteiger partial charge in [0, 0.05) is 15.4 Å². The zero-order valence-electron chi connectivity index (χ0n) is 20.1. The molecule has 0 N–H and O–H groups in total. The van der Waals surface area contributed by atoms with Crippen LogP contribution in [0.25, 0.3) is 22.2 Å². The molecule has 0 atom stereocenters. The second-order valence-corrected chi connectivity index (χ2v) is 10.6. The molecule has 1 aliphatic heterocycles. The summed E-state index contributed by atoms with van der Waals surface area (Å²) >= 11 is 4.72. The summed E-state index contributed by atoms with van der Waals surface area (Å²) in [7, 11) is 0. The summed E-state index contributed by atoms with van der Waals surface area (Å²) in [4.78, 5) is 57.6. The fourth-order valence-electron chi connectivity index (χ4n) is 4.44. The number of fused-ring (bicyclic) bond motifs is 2. The van der Waals surface area contributed by atoms with Gasteiger partial charge in [-0.1, -0.05) is 46.3 Å². The number of benzene rings is 3. The van der Waals surface area contributed by atoms with Crippen molar-refractivity contribution in [2.45, 2.75) is 0 Å². The molecule has 9 heteroatoms.